The number of hydrogen-bond acceptors (Lipinski definition) is 4. The number of fused-ring (bicyclic) bond motifs is 3. The Morgan fingerprint density at radius 1 is 0.852 bits per heavy atom. The Labute approximate surface area is 156 Å². The average Bonchev–Trinajstić information content (AvgIpc) is 3.18. The Kier molecular flexibility index (Phi) is 3.71. The zero-order chi connectivity index (χ0) is 18.2. The summed E-state index contributed by atoms with van der Waals surface area (Å²) < 4.78 is 16.7. The van der Waals surface area contributed by atoms with Crippen LogP contribution in [-0.4, -0.2) is 12.7 Å². The van der Waals surface area contributed by atoms with E-state index in [0.717, 1.165) is 33.9 Å². The molecule has 5 heteroatoms. The van der Waals surface area contributed by atoms with Crippen LogP contribution >= 0.6 is 0 Å². The Morgan fingerprint density at radius 3 is 2.26 bits per heavy atom. The number of amides is 1. The first kappa shape index (κ1) is 15.8. The molecule has 5 nitrogen and oxygen atoms in total. The first-order valence-corrected chi connectivity index (χ1v) is 8.81. The lowest BCUT2D eigenvalue weighted by Gasteiger charge is -2.27. The Hall–Kier alpha value is -3.47. The Morgan fingerprint density at radius 2 is 1.52 bits per heavy atom. The number of nitrogens with one attached hydrogen (secondary N) is 1. The highest BCUT2D eigenvalue weighted by atomic mass is 16.7. The van der Waals surface area contributed by atoms with Gasteiger partial charge < -0.3 is 19.5 Å². The lowest BCUT2D eigenvalue weighted by atomic mass is 9.87. The molecular formula is C22H17NO4. The number of benzene rings is 3. The maximum absolute atomic E-state index is 13.1. The standard InChI is InChI=1S/C22H17NO4/c24-22(23-12-14-9-10-19-20(11-14)26-13-25-19)21-15-5-1-3-7-17(15)27-18-8-4-2-6-16(18)21/h1-11,21H,12-13H2,(H,23,24). The molecule has 2 aliphatic heterocycles. The number of rotatable bonds is 3. The molecule has 3 aromatic carbocycles. The van der Waals surface area contributed by atoms with Gasteiger partial charge in [0, 0.05) is 17.7 Å². The van der Waals surface area contributed by atoms with E-state index in [0.29, 0.717) is 12.3 Å². The van der Waals surface area contributed by atoms with E-state index in [4.69, 9.17) is 14.2 Å². The van der Waals surface area contributed by atoms with Crippen LogP contribution in [0.25, 0.3) is 0 Å². The van der Waals surface area contributed by atoms with Gasteiger partial charge in [0.05, 0.1) is 5.92 Å². The van der Waals surface area contributed by atoms with E-state index in [2.05, 4.69) is 5.32 Å². The van der Waals surface area contributed by atoms with E-state index in [-0.39, 0.29) is 12.7 Å². The van der Waals surface area contributed by atoms with Crippen LogP contribution in [0.5, 0.6) is 23.0 Å². The second-order valence-corrected chi connectivity index (χ2v) is 6.52. The minimum absolute atomic E-state index is 0.0594. The molecule has 0 saturated carbocycles. The van der Waals surface area contributed by atoms with Gasteiger partial charge in [-0.05, 0) is 29.8 Å². The van der Waals surface area contributed by atoms with Gasteiger partial charge in [0.25, 0.3) is 0 Å². The summed E-state index contributed by atoms with van der Waals surface area (Å²) in [4.78, 5) is 13.1. The largest absolute Gasteiger partial charge is 0.457 e. The summed E-state index contributed by atoms with van der Waals surface area (Å²) >= 11 is 0. The van der Waals surface area contributed by atoms with Crippen LogP contribution in [0.4, 0.5) is 0 Å². The van der Waals surface area contributed by atoms with Crippen molar-refractivity contribution in [2.24, 2.45) is 0 Å². The summed E-state index contributed by atoms with van der Waals surface area (Å²) in [6.45, 7) is 0.651. The minimum Gasteiger partial charge on any atom is -0.457 e. The van der Waals surface area contributed by atoms with Crippen molar-refractivity contribution in [3.63, 3.8) is 0 Å². The number of hydrogen-bond donors (Lipinski definition) is 1. The molecule has 27 heavy (non-hydrogen) atoms. The molecule has 0 fully saturated rings. The molecular weight excluding hydrogens is 342 g/mol. The zero-order valence-electron chi connectivity index (χ0n) is 14.5. The predicted octanol–water partition coefficient (Wildman–Crippen LogP) is 3.97. The molecule has 0 bridgehead atoms. The summed E-state index contributed by atoms with van der Waals surface area (Å²) in [6, 6.07) is 21.0. The van der Waals surface area contributed by atoms with Crippen molar-refractivity contribution in [2.75, 3.05) is 6.79 Å². The van der Waals surface area contributed by atoms with Crippen molar-refractivity contribution in [3.8, 4) is 23.0 Å². The highest BCUT2D eigenvalue weighted by Gasteiger charge is 2.32. The SMILES string of the molecule is O=C(NCc1ccc2c(c1)OCO2)C1c2ccccc2Oc2ccccc21. The minimum atomic E-state index is -0.403. The molecule has 0 radical (unpaired) electrons. The molecule has 0 saturated heterocycles. The van der Waals surface area contributed by atoms with E-state index in [1.165, 1.54) is 0 Å². The first-order valence-electron chi connectivity index (χ1n) is 8.81. The number of para-hydroxylation sites is 2. The molecule has 3 aromatic rings. The van der Waals surface area contributed by atoms with Crippen molar-refractivity contribution in [3.05, 3.63) is 83.4 Å². The Balaban J connectivity index is 1.41. The maximum atomic E-state index is 13.1. The third-order valence-corrected chi connectivity index (χ3v) is 4.85. The van der Waals surface area contributed by atoms with Crippen molar-refractivity contribution in [1.29, 1.82) is 0 Å². The number of carbonyl (C=O) groups is 1. The third kappa shape index (κ3) is 2.77. The molecule has 5 rings (SSSR count). The predicted molar refractivity (Wildman–Crippen MR) is 99.2 cm³/mol. The smallest absolute Gasteiger partial charge is 0.232 e. The summed E-state index contributed by atoms with van der Waals surface area (Å²) in [5, 5.41) is 3.05. The van der Waals surface area contributed by atoms with Gasteiger partial charge in [-0.2, -0.15) is 0 Å². The van der Waals surface area contributed by atoms with E-state index in [9.17, 15) is 4.79 Å². The zero-order valence-corrected chi connectivity index (χ0v) is 14.5. The van der Waals surface area contributed by atoms with Crippen LogP contribution < -0.4 is 19.5 Å². The molecule has 0 aromatic heterocycles. The second kappa shape index (κ2) is 6.36. The van der Waals surface area contributed by atoms with Crippen LogP contribution in [-0.2, 0) is 11.3 Å². The normalized spacial score (nSPS) is 14.1. The molecule has 2 aliphatic rings. The number of ether oxygens (including phenoxy) is 3. The average molecular weight is 359 g/mol. The highest BCUT2D eigenvalue weighted by molar-refractivity contribution is 5.89. The maximum Gasteiger partial charge on any atom is 0.232 e. The van der Waals surface area contributed by atoms with Gasteiger partial charge in [-0.1, -0.05) is 42.5 Å². The summed E-state index contributed by atoms with van der Waals surface area (Å²) in [5.74, 6) is 2.43. The van der Waals surface area contributed by atoms with Crippen LogP contribution in [0.15, 0.2) is 66.7 Å². The molecule has 0 aliphatic carbocycles. The van der Waals surface area contributed by atoms with E-state index in [1.807, 2.05) is 66.7 Å². The van der Waals surface area contributed by atoms with E-state index in [1.54, 1.807) is 0 Å². The topological polar surface area (TPSA) is 56.8 Å². The van der Waals surface area contributed by atoms with Gasteiger partial charge in [-0.25, -0.2) is 0 Å². The highest BCUT2D eigenvalue weighted by Crippen LogP contribution is 2.44. The molecule has 1 N–H and O–H groups in total. The monoisotopic (exact) mass is 359 g/mol. The molecule has 0 spiro atoms. The fraction of sp³-hybridized carbons (Fsp3) is 0.136. The van der Waals surface area contributed by atoms with Crippen molar-refractivity contribution >= 4 is 5.91 Å². The lowest BCUT2D eigenvalue weighted by molar-refractivity contribution is -0.122. The van der Waals surface area contributed by atoms with Gasteiger partial charge >= 0.3 is 0 Å². The van der Waals surface area contributed by atoms with Gasteiger partial charge in [-0.15, -0.1) is 0 Å². The van der Waals surface area contributed by atoms with Gasteiger partial charge in [0.1, 0.15) is 11.5 Å². The second-order valence-electron chi connectivity index (χ2n) is 6.52. The lowest BCUT2D eigenvalue weighted by Crippen LogP contribution is -2.31. The molecule has 0 unspecified atom stereocenters. The van der Waals surface area contributed by atoms with E-state index < -0.39 is 5.92 Å². The fourth-order valence-corrected chi connectivity index (χ4v) is 3.53. The summed E-state index contributed by atoms with van der Waals surface area (Å²) in [6.07, 6.45) is 0. The summed E-state index contributed by atoms with van der Waals surface area (Å²) in [7, 11) is 0. The molecule has 1 amide bonds. The van der Waals surface area contributed by atoms with Gasteiger partial charge in [0.15, 0.2) is 11.5 Å². The van der Waals surface area contributed by atoms with Crippen molar-refractivity contribution < 1.29 is 19.0 Å². The molecule has 134 valence electrons. The fourth-order valence-electron chi connectivity index (χ4n) is 3.53. The number of carbonyl (C=O) groups excluding carboxylic acids is 1. The molecule has 2 heterocycles. The first-order chi connectivity index (χ1) is 13.3. The third-order valence-electron chi connectivity index (χ3n) is 4.85. The van der Waals surface area contributed by atoms with Crippen LogP contribution in [0, 0.1) is 0 Å². The van der Waals surface area contributed by atoms with Crippen molar-refractivity contribution in [2.45, 2.75) is 12.5 Å². The van der Waals surface area contributed by atoms with Crippen LogP contribution in [0.1, 0.15) is 22.6 Å². The van der Waals surface area contributed by atoms with Gasteiger partial charge in [0.2, 0.25) is 12.7 Å². The Bertz CT molecular complexity index is 985. The van der Waals surface area contributed by atoms with Gasteiger partial charge in [-0.3, -0.25) is 4.79 Å². The quantitative estimate of drug-likeness (QED) is 0.769. The molecule has 0 atom stereocenters. The van der Waals surface area contributed by atoms with E-state index >= 15 is 0 Å². The van der Waals surface area contributed by atoms with Crippen LogP contribution in [0.2, 0.25) is 0 Å². The van der Waals surface area contributed by atoms with Crippen molar-refractivity contribution in [1.82, 2.24) is 5.32 Å². The summed E-state index contributed by atoms with van der Waals surface area (Å²) in [5.41, 5.74) is 2.71. The van der Waals surface area contributed by atoms with Crippen LogP contribution in [0.3, 0.4) is 0 Å².